The number of nitrogen functional groups attached to an aromatic ring is 1. The molecule has 2 aromatic heterocycles. The number of benzene rings is 1. The molecule has 0 aliphatic carbocycles. The Bertz CT molecular complexity index is 790. The minimum absolute atomic E-state index is 0.200. The highest BCUT2D eigenvalue weighted by Gasteiger charge is 2.10. The van der Waals surface area contributed by atoms with E-state index in [0.717, 1.165) is 28.0 Å². The first kappa shape index (κ1) is 12.7. The van der Waals surface area contributed by atoms with Crippen molar-refractivity contribution < 1.29 is 4.39 Å². The van der Waals surface area contributed by atoms with Gasteiger partial charge in [0, 0.05) is 23.5 Å². The van der Waals surface area contributed by atoms with Crippen molar-refractivity contribution in [2.24, 2.45) is 0 Å². The molecule has 3 nitrogen and oxygen atoms in total. The van der Waals surface area contributed by atoms with E-state index in [9.17, 15) is 4.39 Å². The van der Waals surface area contributed by atoms with Crippen LogP contribution in [0.25, 0.3) is 10.9 Å². The van der Waals surface area contributed by atoms with Crippen LogP contribution < -0.4 is 5.73 Å². The molecule has 0 unspecified atom stereocenters. The van der Waals surface area contributed by atoms with Crippen molar-refractivity contribution in [3.63, 3.8) is 0 Å². The maximum atomic E-state index is 13.7. The zero-order valence-corrected chi connectivity index (χ0v) is 11.5. The quantitative estimate of drug-likeness (QED) is 0.774. The third-order valence-electron chi connectivity index (χ3n) is 3.76. The van der Waals surface area contributed by atoms with Gasteiger partial charge in [0.1, 0.15) is 5.82 Å². The van der Waals surface area contributed by atoms with Gasteiger partial charge in [-0.15, -0.1) is 0 Å². The Kier molecular flexibility index (Phi) is 2.93. The molecule has 0 spiro atoms. The number of aryl methyl sites for hydroxylation is 1. The van der Waals surface area contributed by atoms with E-state index in [2.05, 4.69) is 4.98 Å². The van der Waals surface area contributed by atoms with Crippen molar-refractivity contribution in [1.29, 1.82) is 0 Å². The largest absolute Gasteiger partial charge is 0.398 e. The minimum Gasteiger partial charge on any atom is -0.398 e. The van der Waals surface area contributed by atoms with Crippen LogP contribution in [0.5, 0.6) is 0 Å². The first-order valence-electron chi connectivity index (χ1n) is 6.52. The number of hydrogen-bond acceptors (Lipinski definition) is 2. The lowest BCUT2D eigenvalue weighted by atomic mass is 10.1. The number of fused-ring (bicyclic) bond motifs is 1. The van der Waals surface area contributed by atoms with Crippen LogP contribution in [0.1, 0.15) is 16.8 Å². The van der Waals surface area contributed by atoms with E-state index in [1.54, 1.807) is 18.3 Å². The van der Waals surface area contributed by atoms with Gasteiger partial charge < -0.3 is 10.3 Å². The van der Waals surface area contributed by atoms with E-state index in [-0.39, 0.29) is 5.82 Å². The summed E-state index contributed by atoms with van der Waals surface area (Å²) in [4.78, 5) is 4.45. The fourth-order valence-electron chi connectivity index (χ4n) is 2.44. The van der Waals surface area contributed by atoms with Gasteiger partial charge in [0.2, 0.25) is 0 Å². The van der Waals surface area contributed by atoms with Gasteiger partial charge in [0.05, 0.1) is 17.8 Å². The van der Waals surface area contributed by atoms with Gasteiger partial charge >= 0.3 is 0 Å². The average Bonchev–Trinajstić information content (AvgIpc) is 2.84. The van der Waals surface area contributed by atoms with Crippen molar-refractivity contribution in [3.8, 4) is 0 Å². The number of aromatic nitrogens is 2. The zero-order valence-electron chi connectivity index (χ0n) is 11.5. The highest BCUT2D eigenvalue weighted by Crippen LogP contribution is 2.22. The summed E-state index contributed by atoms with van der Waals surface area (Å²) >= 11 is 0. The molecule has 0 saturated carbocycles. The number of anilines is 1. The van der Waals surface area contributed by atoms with Crippen LogP contribution in [-0.2, 0) is 6.54 Å². The van der Waals surface area contributed by atoms with E-state index in [1.807, 2.05) is 30.7 Å². The standard InChI is InChI=1S/C16H16FN3/c1-10-8-19-14(11(2)16(10)18)9-20-7-6-12-13(17)4-3-5-15(12)20/h3-8H,9H2,1-2H3,(H2,18,19). The predicted octanol–water partition coefficient (Wildman–Crippen LogP) is 3.42. The van der Waals surface area contributed by atoms with E-state index in [4.69, 9.17) is 5.73 Å². The first-order valence-corrected chi connectivity index (χ1v) is 6.52. The van der Waals surface area contributed by atoms with E-state index >= 15 is 0 Å². The summed E-state index contributed by atoms with van der Waals surface area (Å²) in [6, 6.07) is 6.89. The topological polar surface area (TPSA) is 43.8 Å². The van der Waals surface area contributed by atoms with Crippen molar-refractivity contribution in [2.45, 2.75) is 20.4 Å². The lowest BCUT2D eigenvalue weighted by molar-refractivity contribution is 0.639. The van der Waals surface area contributed by atoms with Gasteiger partial charge in [-0.1, -0.05) is 6.07 Å². The highest BCUT2D eigenvalue weighted by molar-refractivity contribution is 5.80. The second-order valence-electron chi connectivity index (χ2n) is 5.04. The van der Waals surface area contributed by atoms with Crippen LogP contribution in [0.4, 0.5) is 10.1 Å². The van der Waals surface area contributed by atoms with Gasteiger partial charge in [0.15, 0.2) is 0 Å². The summed E-state index contributed by atoms with van der Waals surface area (Å²) in [7, 11) is 0. The van der Waals surface area contributed by atoms with Crippen LogP contribution in [0, 0.1) is 19.7 Å². The lowest BCUT2D eigenvalue weighted by Crippen LogP contribution is -2.06. The molecule has 2 heterocycles. The van der Waals surface area contributed by atoms with Crippen LogP contribution in [0.3, 0.4) is 0 Å². The molecule has 0 aliphatic heterocycles. The summed E-state index contributed by atoms with van der Waals surface area (Å²) in [6.07, 6.45) is 3.66. The highest BCUT2D eigenvalue weighted by atomic mass is 19.1. The summed E-state index contributed by atoms with van der Waals surface area (Å²) in [5, 5.41) is 0.630. The fraction of sp³-hybridized carbons (Fsp3) is 0.188. The Morgan fingerprint density at radius 1 is 1.25 bits per heavy atom. The minimum atomic E-state index is -0.200. The summed E-state index contributed by atoms with van der Waals surface area (Å²) < 4.78 is 15.7. The third kappa shape index (κ3) is 1.93. The molecule has 0 bridgehead atoms. The van der Waals surface area contributed by atoms with Crippen molar-refractivity contribution in [3.05, 3.63) is 59.3 Å². The van der Waals surface area contributed by atoms with E-state index in [1.165, 1.54) is 6.07 Å². The molecule has 3 aromatic rings. The SMILES string of the molecule is Cc1cnc(Cn2ccc3c(F)cccc32)c(C)c1N. The Morgan fingerprint density at radius 3 is 2.85 bits per heavy atom. The molecule has 0 aliphatic rings. The van der Waals surface area contributed by atoms with Crippen molar-refractivity contribution in [1.82, 2.24) is 9.55 Å². The molecule has 4 heteroatoms. The maximum absolute atomic E-state index is 13.7. The smallest absolute Gasteiger partial charge is 0.132 e. The Hall–Kier alpha value is -2.36. The molecular formula is C16H16FN3. The molecule has 0 fully saturated rings. The number of rotatable bonds is 2. The predicted molar refractivity (Wildman–Crippen MR) is 79.1 cm³/mol. The van der Waals surface area contributed by atoms with E-state index < -0.39 is 0 Å². The molecule has 102 valence electrons. The molecule has 1 aromatic carbocycles. The number of halogens is 1. The molecule has 0 amide bonds. The third-order valence-corrected chi connectivity index (χ3v) is 3.76. The lowest BCUT2D eigenvalue weighted by Gasteiger charge is -2.11. The molecule has 20 heavy (non-hydrogen) atoms. The fourth-order valence-corrected chi connectivity index (χ4v) is 2.44. The van der Waals surface area contributed by atoms with E-state index in [0.29, 0.717) is 11.9 Å². The number of nitrogens with two attached hydrogens (primary N) is 1. The molecule has 3 rings (SSSR count). The van der Waals surface area contributed by atoms with Crippen LogP contribution in [0.15, 0.2) is 36.7 Å². The van der Waals surface area contributed by atoms with Crippen LogP contribution >= 0.6 is 0 Å². The molecular weight excluding hydrogens is 253 g/mol. The van der Waals surface area contributed by atoms with Gasteiger partial charge in [-0.05, 0) is 43.2 Å². The van der Waals surface area contributed by atoms with Gasteiger partial charge in [-0.2, -0.15) is 0 Å². The first-order chi connectivity index (χ1) is 9.58. The number of pyridine rings is 1. The summed E-state index contributed by atoms with van der Waals surface area (Å²) in [5.74, 6) is -0.200. The Labute approximate surface area is 116 Å². The molecule has 2 N–H and O–H groups in total. The maximum Gasteiger partial charge on any atom is 0.132 e. The summed E-state index contributed by atoms with van der Waals surface area (Å²) in [5.41, 5.74) is 10.6. The zero-order chi connectivity index (χ0) is 14.3. The summed E-state index contributed by atoms with van der Waals surface area (Å²) in [6.45, 7) is 4.50. The monoisotopic (exact) mass is 269 g/mol. The van der Waals surface area contributed by atoms with Gasteiger partial charge in [0.25, 0.3) is 0 Å². The normalized spacial score (nSPS) is 11.2. The molecule has 0 atom stereocenters. The van der Waals surface area contributed by atoms with Crippen molar-refractivity contribution >= 4 is 16.6 Å². The molecule has 0 radical (unpaired) electrons. The van der Waals surface area contributed by atoms with Gasteiger partial charge in [-0.3, -0.25) is 4.98 Å². The molecule has 0 saturated heterocycles. The average molecular weight is 269 g/mol. The number of nitrogens with zero attached hydrogens (tertiary/aromatic N) is 2. The van der Waals surface area contributed by atoms with Crippen LogP contribution in [0.2, 0.25) is 0 Å². The Balaban J connectivity index is 2.06. The Morgan fingerprint density at radius 2 is 2.05 bits per heavy atom. The second kappa shape index (κ2) is 4.63. The van der Waals surface area contributed by atoms with Crippen LogP contribution in [-0.4, -0.2) is 9.55 Å². The van der Waals surface area contributed by atoms with Gasteiger partial charge in [-0.25, -0.2) is 4.39 Å². The second-order valence-corrected chi connectivity index (χ2v) is 5.04. The van der Waals surface area contributed by atoms with Crippen molar-refractivity contribution in [2.75, 3.05) is 5.73 Å². The number of hydrogen-bond donors (Lipinski definition) is 1.